The summed E-state index contributed by atoms with van der Waals surface area (Å²) < 4.78 is 9.65. The Morgan fingerprint density at radius 3 is 1.22 bits per heavy atom. The van der Waals surface area contributed by atoms with Crippen molar-refractivity contribution in [3.63, 3.8) is 0 Å². The number of hydrogen-bond donors (Lipinski definition) is 0. The number of aromatic nitrogens is 1. The van der Waals surface area contributed by atoms with E-state index in [0.29, 0.717) is 19.6 Å². The number of ether oxygens (including phenoxy) is 1. The first-order chi connectivity index (χ1) is 24.3. The van der Waals surface area contributed by atoms with E-state index < -0.39 is 16.5 Å². The Balaban J connectivity index is 0.00000165. The maximum Gasteiger partial charge on any atom is 3.00 e. The van der Waals surface area contributed by atoms with E-state index in [1.165, 1.54) is 0 Å². The molecule has 0 saturated carbocycles. The fourth-order valence-corrected chi connectivity index (χ4v) is 14.2. The smallest absolute Gasteiger partial charge is 0.872 e. The van der Waals surface area contributed by atoms with Crippen LogP contribution in [-0.4, -0.2) is 39.6 Å². The van der Waals surface area contributed by atoms with Crippen LogP contribution in [0, 0.1) is 40.4 Å². The molecule has 1 aromatic heterocycles. The molecule has 0 aliphatic carbocycles. The minimum Gasteiger partial charge on any atom is -0.872 e. The molecular formula is C46H78N3O3Si2Sm. The molecule has 0 aliphatic heterocycles. The van der Waals surface area contributed by atoms with Crippen molar-refractivity contribution in [2.75, 3.05) is 13.2 Å². The minimum atomic E-state index is -1.11. The SMILES string of the molecule is CC(C)(C)c1cc(CN(Cc2ccccn2)Cc2cc(C(C)(C)C)cc(C(C)(C)C)c2[O-])c([O-])c(C(C)(C)C)c1.CCOCC.C[Si](C)(C)[N-][Si](C)(C)C.[Sm+3]. The van der Waals surface area contributed by atoms with Gasteiger partial charge in [-0.25, -0.2) is 0 Å². The van der Waals surface area contributed by atoms with Gasteiger partial charge in [0.25, 0.3) is 0 Å². The van der Waals surface area contributed by atoms with Crippen LogP contribution in [0.1, 0.15) is 136 Å². The Labute approximate surface area is 373 Å². The summed E-state index contributed by atoms with van der Waals surface area (Å²) in [4.78, 5) is 6.78. The third kappa shape index (κ3) is 19.9. The monoisotopic (exact) mass is 928 g/mol. The van der Waals surface area contributed by atoms with E-state index in [-0.39, 0.29) is 73.5 Å². The Kier molecular flexibility index (Phi) is 21.3. The molecule has 0 saturated heterocycles. The van der Waals surface area contributed by atoms with E-state index in [0.717, 1.165) is 52.3 Å². The molecule has 3 rings (SSSR count). The van der Waals surface area contributed by atoms with E-state index in [4.69, 9.17) is 9.38 Å². The fourth-order valence-electron chi connectivity index (χ4n) is 6.17. The van der Waals surface area contributed by atoms with Gasteiger partial charge in [-0.1, -0.05) is 169 Å². The Hall–Kier alpha value is -1.16. The first-order valence-electron chi connectivity index (χ1n) is 19.9. The number of hydrogen-bond acceptors (Lipinski definition) is 5. The van der Waals surface area contributed by atoms with Crippen molar-refractivity contribution in [3.05, 3.63) is 92.4 Å². The van der Waals surface area contributed by atoms with Crippen LogP contribution in [0.15, 0.2) is 48.7 Å². The zero-order valence-corrected chi connectivity index (χ0v) is 43.2. The van der Waals surface area contributed by atoms with Crippen LogP contribution in [-0.2, 0) is 46.0 Å². The number of nitrogens with zero attached hydrogens (tertiary/aromatic N) is 3. The topological polar surface area (TPSA) is 85.6 Å². The average molecular weight is 928 g/mol. The molecule has 0 fully saturated rings. The summed E-state index contributed by atoms with van der Waals surface area (Å²) >= 11 is 0. The maximum atomic E-state index is 13.9. The van der Waals surface area contributed by atoms with Crippen molar-refractivity contribution in [1.29, 1.82) is 0 Å². The minimum absolute atomic E-state index is 0. The molecule has 3 aromatic rings. The van der Waals surface area contributed by atoms with E-state index >= 15 is 0 Å². The summed E-state index contributed by atoms with van der Waals surface area (Å²) in [6.45, 7) is 46.6. The van der Waals surface area contributed by atoms with E-state index in [9.17, 15) is 10.2 Å². The maximum absolute atomic E-state index is 13.9. The first-order valence-corrected chi connectivity index (χ1v) is 26.8. The van der Waals surface area contributed by atoms with E-state index in [1.807, 2.05) is 32.0 Å². The van der Waals surface area contributed by atoms with Crippen LogP contribution >= 0.6 is 0 Å². The van der Waals surface area contributed by atoms with Gasteiger partial charge in [-0.2, -0.15) is 0 Å². The molecule has 309 valence electrons. The van der Waals surface area contributed by atoms with Gasteiger partial charge in [-0.05, 0) is 81.0 Å². The molecular weight excluding hydrogens is 849 g/mol. The van der Waals surface area contributed by atoms with E-state index in [2.05, 4.69) is 157 Å². The van der Waals surface area contributed by atoms with Gasteiger partial charge in [0.1, 0.15) is 0 Å². The number of rotatable bonds is 10. The summed E-state index contributed by atoms with van der Waals surface area (Å²) in [6.07, 6.45) is 1.79. The van der Waals surface area contributed by atoms with Gasteiger partial charge in [0.05, 0.1) is 5.69 Å². The second kappa shape index (κ2) is 21.7. The van der Waals surface area contributed by atoms with Crippen LogP contribution in [0.2, 0.25) is 39.3 Å². The molecule has 0 bridgehead atoms. The van der Waals surface area contributed by atoms with Gasteiger partial charge in [-0.15, -0.1) is 11.5 Å². The molecule has 6 nitrogen and oxygen atoms in total. The summed E-state index contributed by atoms with van der Waals surface area (Å²) in [5.41, 5.74) is 5.68. The van der Waals surface area contributed by atoms with Crippen LogP contribution < -0.4 is 10.2 Å². The Bertz CT molecular complexity index is 1490. The van der Waals surface area contributed by atoms with E-state index in [1.54, 1.807) is 6.20 Å². The molecule has 1 heterocycles. The third-order valence-electron chi connectivity index (χ3n) is 8.66. The van der Waals surface area contributed by atoms with Gasteiger partial charge in [0.15, 0.2) is 0 Å². The van der Waals surface area contributed by atoms with Crippen LogP contribution in [0.5, 0.6) is 11.5 Å². The van der Waals surface area contributed by atoms with Crippen molar-refractivity contribution in [2.45, 2.75) is 178 Å². The zero-order valence-electron chi connectivity index (χ0n) is 38.6. The third-order valence-corrected chi connectivity index (χ3v) is 14.0. The van der Waals surface area contributed by atoms with Crippen molar-refractivity contribution in [2.24, 2.45) is 0 Å². The van der Waals surface area contributed by atoms with Crippen molar-refractivity contribution in [3.8, 4) is 11.5 Å². The zero-order chi connectivity index (χ0) is 42.1. The van der Waals surface area contributed by atoms with Gasteiger partial charge in [-0.3, -0.25) is 9.88 Å². The van der Waals surface area contributed by atoms with Gasteiger partial charge in [0, 0.05) is 39.0 Å². The fraction of sp³-hybridized carbons (Fsp3) is 0.630. The van der Waals surface area contributed by atoms with Crippen molar-refractivity contribution < 1.29 is 55.3 Å². The predicted octanol–water partition coefficient (Wildman–Crippen LogP) is 11.7. The average Bonchev–Trinajstić information content (AvgIpc) is 2.96. The second-order valence-electron chi connectivity index (χ2n) is 20.7. The quantitative estimate of drug-likeness (QED) is 0.189. The summed E-state index contributed by atoms with van der Waals surface area (Å²) in [6, 6.07) is 14.2. The normalized spacial score (nSPS) is 12.7. The Morgan fingerprint density at radius 1 is 0.600 bits per heavy atom. The molecule has 9 heteroatoms. The molecule has 1 radical (unpaired) electrons. The predicted molar refractivity (Wildman–Crippen MR) is 236 cm³/mol. The molecule has 55 heavy (non-hydrogen) atoms. The molecule has 0 unspecified atom stereocenters. The first kappa shape index (κ1) is 53.8. The standard InChI is InChI=1S/C36H52N2O2.C6H18NSi2.C4H10O.Sm/c1-33(2,3)26-17-24(31(39)29(19-26)35(7,8)9)21-38(23-28-15-13-14-16-37-28)22-25-18-27(34(4,5)6)20-30(32(25)40)36(10,11)12;1-8(2,3)7-9(4,5)6;1-3-5-4-2;/h13-20,39-40H,21-23H2,1-12H3;1-6H3;3-4H2,1-2H3;/q;-1;;+3/p-2. The molecule has 0 aliphatic rings. The molecule has 0 amide bonds. The van der Waals surface area contributed by atoms with Crippen LogP contribution in [0.25, 0.3) is 4.65 Å². The van der Waals surface area contributed by atoms with Crippen LogP contribution in [0.4, 0.5) is 0 Å². The summed E-state index contributed by atoms with van der Waals surface area (Å²) in [7, 11) is -2.21. The molecule has 0 spiro atoms. The summed E-state index contributed by atoms with van der Waals surface area (Å²) in [5.74, 6) is 0.181. The van der Waals surface area contributed by atoms with Gasteiger partial charge >= 0.3 is 40.4 Å². The number of benzene rings is 2. The largest absolute Gasteiger partial charge is 3.00 e. The van der Waals surface area contributed by atoms with Crippen molar-refractivity contribution >= 4 is 16.5 Å². The Morgan fingerprint density at radius 2 is 0.982 bits per heavy atom. The molecule has 0 N–H and O–H groups in total. The van der Waals surface area contributed by atoms with Crippen LogP contribution in [0.3, 0.4) is 0 Å². The number of pyridine rings is 1. The second-order valence-corrected chi connectivity index (χ2v) is 30.3. The van der Waals surface area contributed by atoms with Gasteiger partial charge in [0.2, 0.25) is 0 Å². The van der Waals surface area contributed by atoms with Gasteiger partial charge < -0.3 is 19.6 Å². The summed E-state index contributed by atoms with van der Waals surface area (Å²) in [5, 5.41) is 27.7. The molecule has 0 atom stereocenters. The van der Waals surface area contributed by atoms with Crippen molar-refractivity contribution in [1.82, 2.24) is 9.88 Å². The molecule has 2 aromatic carbocycles.